The Balaban J connectivity index is 1.44. The minimum atomic E-state index is -0.152. The van der Waals surface area contributed by atoms with Crippen LogP contribution in [0.4, 0.5) is 4.39 Å². The molecule has 0 N–H and O–H groups in total. The Bertz CT molecular complexity index is 721. The van der Waals surface area contributed by atoms with E-state index in [0.29, 0.717) is 5.92 Å². The van der Waals surface area contributed by atoms with E-state index in [2.05, 4.69) is 52.9 Å². The number of likely N-dealkylation sites (tertiary alicyclic amines) is 1. The summed E-state index contributed by atoms with van der Waals surface area (Å²) in [6, 6.07) is 13.7. The number of benzene rings is 2. The van der Waals surface area contributed by atoms with Crippen molar-refractivity contribution in [3.8, 4) is 5.75 Å². The zero-order valence-electron chi connectivity index (χ0n) is 16.3. The summed E-state index contributed by atoms with van der Waals surface area (Å²) in [5.74, 6) is 1.46. The third-order valence-corrected chi connectivity index (χ3v) is 5.60. The van der Waals surface area contributed by atoms with Crippen LogP contribution >= 0.6 is 15.9 Å². The van der Waals surface area contributed by atoms with E-state index in [4.69, 9.17) is 4.74 Å². The van der Waals surface area contributed by atoms with Crippen molar-refractivity contribution >= 4 is 15.9 Å². The van der Waals surface area contributed by atoms with Crippen LogP contribution in [0.5, 0.6) is 5.75 Å². The summed E-state index contributed by atoms with van der Waals surface area (Å²) >= 11 is 3.39. The van der Waals surface area contributed by atoms with Gasteiger partial charge in [-0.3, -0.25) is 0 Å². The summed E-state index contributed by atoms with van der Waals surface area (Å²) in [6.07, 6.45) is 4.60. The van der Waals surface area contributed by atoms with Crippen LogP contribution in [0.2, 0.25) is 0 Å². The fraction of sp³-hybridized carbons (Fsp3) is 0.478. The summed E-state index contributed by atoms with van der Waals surface area (Å²) in [7, 11) is 0. The van der Waals surface area contributed by atoms with Gasteiger partial charge in [-0.2, -0.15) is 0 Å². The second-order valence-electron chi connectivity index (χ2n) is 7.83. The van der Waals surface area contributed by atoms with Crippen molar-refractivity contribution in [2.45, 2.75) is 45.6 Å². The maximum Gasteiger partial charge on any atom is 0.124 e. The van der Waals surface area contributed by atoms with Gasteiger partial charge in [0.15, 0.2) is 0 Å². The highest BCUT2D eigenvalue weighted by Crippen LogP contribution is 2.24. The lowest BCUT2D eigenvalue weighted by Crippen LogP contribution is -2.35. The van der Waals surface area contributed by atoms with Crippen molar-refractivity contribution in [2.75, 3.05) is 19.6 Å². The Morgan fingerprint density at radius 3 is 2.59 bits per heavy atom. The zero-order chi connectivity index (χ0) is 19.2. The SMILES string of the molecule is CC(C)Oc1cccc(CCN2CCC(Cc3cc(F)cc(Br)c3)CC2)c1. The maximum atomic E-state index is 13.6. The molecule has 0 aromatic heterocycles. The molecule has 0 atom stereocenters. The Morgan fingerprint density at radius 1 is 1.11 bits per heavy atom. The number of nitrogens with zero attached hydrogens (tertiary/aromatic N) is 1. The molecule has 0 saturated carbocycles. The molecule has 0 spiro atoms. The van der Waals surface area contributed by atoms with Gasteiger partial charge in [0.05, 0.1) is 6.10 Å². The number of ether oxygens (including phenoxy) is 1. The third kappa shape index (κ3) is 6.62. The fourth-order valence-electron chi connectivity index (χ4n) is 3.81. The number of halogens is 2. The molecule has 0 bridgehead atoms. The number of rotatable bonds is 7. The largest absolute Gasteiger partial charge is 0.491 e. The number of piperidine rings is 1. The van der Waals surface area contributed by atoms with E-state index in [1.54, 1.807) is 6.07 Å². The van der Waals surface area contributed by atoms with E-state index in [9.17, 15) is 4.39 Å². The van der Waals surface area contributed by atoms with E-state index in [1.807, 2.05) is 12.1 Å². The van der Waals surface area contributed by atoms with Crippen LogP contribution in [0.25, 0.3) is 0 Å². The molecule has 0 unspecified atom stereocenters. The lowest BCUT2D eigenvalue weighted by molar-refractivity contribution is 0.185. The monoisotopic (exact) mass is 433 g/mol. The van der Waals surface area contributed by atoms with Crippen molar-refractivity contribution in [2.24, 2.45) is 5.92 Å². The molecule has 27 heavy (non-hydrogen) atoms. The third-order valence-electron chi connectivity index (χ3n) is 5.14. The smallest absolute Gasteiger partial charge is 0.124 e. The van der Waals surface area contributed by atoms with E-state index in [-0.39, 0.29) is 11.9 Å². The zero-order valence-corrected chi connectivity index (χ0v) is 17.8. The van der Waals surface area contributed by atoms with E-state index < -0.39 is 0 Å². The van der Waals surface area contributed by atoms with Crippen LogP contribution in [-0.4, -0.2) is 30.6 Å². The second kappa shape index (κ2) is 9.70. The molecule has 1 saturated heterocycles. The van der Waals surface area contributed by atoms with Gasteiger partial charge < -0.3 is 9.64 Å². The molecule has 2 aromatic carbocycles. The summed E-state index contributed by atoms with van der Waals surface area (Å²) in [4.78, 5) is 2.55. The average molecular weight is 434 g/mol. The highest BCUT2D eigenvalue weighted by atomic mass is 79.9. The summed E-state index contributed by atoms with van der Waals surface area (Å²) < 4.78 is 20.2. The minimum Gasteiger partial charge on any atom is -0.491 e. The molecular formula is C23H29BrFNO. The van der Waals surface area contributed by atoms with Crippen LogP contribution in [-0.2, 0) is 12.8 Å². The Morgan fingerprint density at radius 2 is 1.89 bits per heavy atom. The fourth-order valence-corrected chi connectivity index (χ4v) is 4.32. The molecule has 2 aromatic rings. The Labute approximate surface area is 170 Å². The first kappa shape index (κ1) is 20.3. The molecule has 2 nitrogen and oxygen atoms in total. The lowest BCUT2D eigenvalue weighted by atomic mass is 9.90. The molecule has 146 valence electrons. The van der Waals surface area contributed by atoms with Crippen LogP contribution < -0.4 is 4.74 Å². The van der Waals surface area contributed by atoms with Crippen molar-refractivity contribution in [3.05, 3.63) is 63.9 Å². The highest BCUT2D eigenvalue weighted by molar-refractivity contribution is 9.10. The van der Waals surface area contributed by atoms with Gasteiger partial charge in [0, 0.05) is 11.0 Å². The summed E-state index contributed by atoms with van der Waals surface area (Å²) in [5.41, 5.74) is 2.43. The van der Waals surface area contributed by atoms with E-state index >= 15 is 0 Å². The van der Waals surface area contributed by atoms with Crippen LogP contribution in [0.3, 0.4) is 0 Å². The average Bonchev–Trinajstić information content (AvgIpc) is 2.60. The quantitative estimate of drug-likeness (QED) is 0.540. The molecule has 1 heterocycles. The van der Waals surface area contributed by atoms with Crippen LogP contribution in [0.1, 0.15) is 37.8 Å². The first-order valence-electron chi connectivity index (χ1n) is 9.91. The van der Waals surface area contributed by atoms with Crippen LogP contribution in [0.15, 0.2) is 46.9 Å². The molecular weight excluding hydrogens is 405 g/mol. The van der Waals surface area contributed by atoms with Gasteiger partial charge >= 0.3 is 0 Å². The second-order valence-corrected chi connectivity index (χ2v) is 8.75. The number of hydrogen-bond acceptors (Lipinski definition) is 2. The van der Waals surface area contributed by atoms with Crippen molar-refractivity contribution < 1.29 is 9.13 Å². The first-order chi connectivity index (χ1) is 13.0. The Hall–Kier alpha value is -1.39. The van der Waals surface area contributed by atoms with Gasteiger partial charge in [0.1, 0.15) is 11.6 Å². The maximum absolute atomic E-state index is 13.6. The standard InChI is InChI=1S/C23H29BrFNO/c1-17(2)27-23-5-3-4-18(15-23)6-9-26-10-7-19(8-11-26)12-20-13-21(24)16-22(25)14-20/h3-5,13-17,19H,6-12H2,1-2H3. The molecule has 0 amide bonds. The molecule has 0 radical (unpaired) electrons. The van der Waals surface area contributed by atoms with Crippen LogP contribution in [0, 0.1) is 11.7 Å². The summed E-state index contributed by atoms with van der Waals surface area (Å²) in [6.45, 7) is 7.45. The lowest BCUT2D eigenvalue weighted by Gasteiger charge is -2.32. The molecule has 1 aliphatic heterocycles. The molecule has 0 aliphatic carbocycles. The van der Waals surface area contributed by atoms with Crippen molar-refractivity contribution in [1.29, 1.82) is 0 Å². The van der Waals surface area contributed by atoms with Gasteiger partial charge in [0.2, 0.25) is 0 Å². The topological polar surface area (TPSA) is 12.5 Å². The molecule has 3 rings (SSSR count). The normalized spacial score (nSPS) is 16.0. The van der Waals surface area contributed by atoms with E-state index in [1.165, 1.54) is 24.5 Å². The molecule has 4 heteroatoms. The predicted molar refractivity (Wildman–Crippen MR) is 113 cm³/mol. The van der Waals surface area contributed by atoms with E-state index in [0.717, 1.165) is 48.3 Å². The highest BCUT2D eigenvalue weighted by Gasteiger charge is 2.19. The predicted octanol–water partition coefficient (Wildman–Crippen LogP) is 5.87. The summed E-state index contributed by atoms with van der Waals surface area (Å²) in [5, 5.41) is 0. The van der Waals surface area contributed by atoms with Gasteiger partial charge in [-0.15, -0.1) is 0 Å². The molecule has 1 fully saturated rings. The van der Waals surface area contributed by atoms with Crippen molar-refractivity contribution in [1.82, 2.24) is 4.90 Å². The van der Waals surface area contributed by atoms with Crippen molar-refractivity contribution in [3.63, 3.8) is 0 Å². The minimum absolute atomic E-state index is 0.152. The van der Waals surface area contributed by atoms with Gasteiger partial charge in [-0.05, 0) is 100.0 Å². The molecule has 1 aliphatic rings. The van der Waals surface area contributed by atoms with Gasteiger partial charge in [0.25, 0.3) is 0 Å². The Kier molecular flexibility index (Phi) is 7.31. The first-order valence-corrected chi connectivity index (χ1v) is 10.7. The number of hydrogen-bond donors (Lipinski definition) is 0. The van der Waals surface area contributed by atoms with Gasteiger partial charge in [-0.25, -0.2) is 4.39 Å². The van der Waals surface area contributed by atoms with Gasteiger partial charge in [-0.1, -0.05) is 28.1 Å².